The zero-order chi connectivity index (χ0) is 14.1. The molecule has 1 aromatic heterocycles. The van der Waals surface area contributed by atoms with Gasteiger partial charge >= 0.3 is 0 Å². The maximum absolute atomic E-state index is 12.1. The molecule has 1 fully saturated rings. The summed E-state index contributed by atoms with van der Waals surface area (Å²) >= 11 is 7.24. The molecule has 4 nitrogen and oxygen atoms in total. The minimum atomic E-state index is 0.0719. The summed E-state index contributed by atoms with van der Waals surface area (Å²) in [7, 11) is 1.96. The highest BCUT2D eigenvalue weighted by Crippen LogP contribution is 2.39. The van der Waals surface area contributed by atoms with Crippen LogP contribution in [0, 0.1) is 0 Å². The number of halogens is 1. The molecule has 104 valence electrons. The van der Waals surface area contributed by atoms with Crippen molar-refractivity contribution in [2.75, 3.05) is 5.75 Å². The van der Waals surface area contributed by atoms with Crippen molar-refractivity contribution in [1.29, 1.82) is 0 Å². The van der Waals surface area contributed by atoms with Crippen LogP contribution in [0.25, 0.3) is 0 Å². The topological polar surface area (TPSA) is 47.8 Å². The fraction of sp³-hybridized carbons (Fsp3) is 0.357. The molecule has 0 aliphatic heterocycles. The lowest BCUT2D eigenvalue weighted by molar-refractivity contribution is 0.102. The normalized spacial score (nSPS) is 14.5. The third-order valence-electron chi connectivity index (χ3n) is 3.31. The number of hydrogen-bond donors (Lipinski definition) is 0. The monoisotopic (exact) mass is 307 g/mol. The average molecular weight is 308 g/mol. The number of hydrogen-bond acceptors (Lipinski definition) is 4. The number of thioether (sulfide) groups is 1. The highest BCUT2D eigenvalue weighted by Gasteiger charge is 2.29. The van der Waals surface area contributed by atoms with Crippen molar-refractivity contribution in [3.05, 3.63) is 40.7 Å². The van der Waals surface area contributed by atoms with Gasteiger partial charge < -0.3 is 4.57 Å². The van der Waals surface area contributed by atoms with Gasteiger partial charge in [-0.15, -0.1) is 10.2 Å². The minimum absolute atomic E-state index is 0.0719. The second-order valence-electron chi connectivity index (χ2n) is 4.89. The fourth-order valence-electron chi connectivity index (χ4n) is 2.00. The SMILES string of the molecule is Cn1c(SCC(=O)c2ccc(Cl)cc2)nnc1C1CC1. The molecule has 1 saturated carbocycles. The van der Waals surface area contributed by atoms with E-state index in [1.165, 1.54) is 24.6 Å². The summed E-state index contributed by atoms with van der Waals surface area (Å²) in [4.78, 5) is 12.1. The summed E-state index contributed by atoms with van der Waals surface area (Å²) in [5.41, 5.74) is 0.673. The van der Waals surface area contributed by atoms with Crippen molar-refractivity contribution in [3.63, 3.8) is 0 Å². The predicted octanol–water partition coefficient (Wildman–Crippen LogP) is 3.32. The summed E-state index contributed by atoms with van der Waals surface area (Å²) < 4.78 is 2.00. The van der Waals surface area contributed by atoms with Crippen LogP contribution in [0.5, 0.6) is 0 Å². The zero-order valence-electron chi connectivity index (χ0n) is 11.0. The molecule has 1 aliphatic rings. The molecule has 0 atom stereocenters. The number of benzene rings is 1. The van der Waals surface area contributed by atoms with Crippen LogP contribution < -0.4 is 0 Å². The van der Waals surface area contributed by atoms with Crippen LogP contribution in [0.2, 0.25) is 5.02 Å². The van der Waals surface area contributed by atoms with Gasteiger partial charge in [-0.25, -0.2) is 0 Å². The second-order valence-corrected chi connectivity index (χ2v) is 6.27. The predicted molar refractivity (Wildman–Crippen MR) is 79.5 cm³/mol. The molecule has 6 heteroatoms. The van der Waals surface area contributed by atoms with Crippen LogP contribution in [0.1, 0.15) is 34.9 Å². The van der Waals surface area contributed by atoms with E-state index in [4.69, 9.17) is 11.6 Å². The van der Waals surface area contributed by atoms with Gasteiger partial charge in [0.1, 0.15) is 5.82 Å². The molecule has 1 heterocycles. The van der Waals surface area contributed by atoms with Crippen LogP contribution >= 0.6 is 23.4 Å². The summed E-state index contributed by atoms with van der Waals surface area (Å²) in [5.74, 6) is 2.03. The lowest BCUT2D eigenvalue weighted by Gasteiger charge is -2.03. The highest BCUT2D eigenvalue weighted by atomic mass is 35.5. The Morgan fingerprint density at radius 3 is 2.70 bits per heavy atom. The largest absolute Gasteiger partial charge is 0.309 e. The Kier molecular flexibility index (Phi) is 3.81. The van der Waals surface area contributed by atoms with E-state index >= 15 is 0 Å². The Labute approximate surface area is 126 Å². The van der Waals surface area contributed by atoms with Crippen LogP contribution in [0.4, 0.5) is 0 Å². The van der Waals surface area contributed by atoms with Gasteiger partial charge in [-0.2, -0.15) is 0 Å². The van der Waals surface area contributed by atoms with Crippen molar-refractivity contribution < 1.29 is 4.79 Å². The van der Waals surface area contributed by atoms with Crippen molar-refractivity contribution in [3.8, 4) is 0 Å². The van der Waals surface area contributed by atoms with Gasteiger partial charge in [0.2, 0.25) is 0 Å². The van der Waals surface area contributed by atoms with Gasteiger partial charge in [-0.05, 0) is 37.1 Å². The quantitative estimate of drug-likeness (QED) is 0.628. The van der Waals surface area contributed by atoms with Crippen LogP contribution in [-0.4, -0.2) is 26.3 Å². The number of Topliss-reactive ketones (excluding diaryl/α,β-unsaturated/α-hetero) is 1. The van der Waals surface area contributed by atoms with Crippen molar-refractivity contribution in [2.45, 2.75) is 23.9 Å². The van der Waals surface area contributed by atoms with E-state index in [9.17, 15) is 4.79 Å². The number of aromatic nitrogens is 3. The number of carbonyl (C=O) groups excluding carboxylic acids is 1. The molecular weight excluding hydrogens is 294 g/mol. The molecular formula is C14H14ClN3OS. The molecule has 0 amide bonds. The number of carbonyl (C=O) groups is 1. The van der Waals surface area contributed by atoms with Crippen LogP contribution in [0.15, 0.2) is 29.4 Å². The van der Waals surface area contributed by atoms with E-state index in [1.807, 2.05) is 11.6 Å². The average Bonchev–Trinajstić information content (AvgIpc) is 3.22. The van der Waals surface area contributed by atoms with Gasteiger partial charge in [0, 0.05) is 23.6 Å². The number of nitrogens with zero attached hydrogens (tertiary/aromatic N) is 3. The molecule has 1 aromatic carbocycles. The molecule has 3 rings (SSSR count). The Hall–Kier alpha value is -1.33. The molecule has 0 bridgehead atoms. The second kappa shape index (κ2) is 5.58. The lowest BCUT2D eigenvalue weighted by atomic mass is 10.1. The molecule has 2 aromatic rings. The van der Waals surface area contributed by atoms with Crippen molar-refractivity contribution in [1.82, 2.24) is 14.8 Å². The molecule has 0 spiro atoms. The number of ketones is 1. The van der Waals surface area contributed by atoms with Gasteiger partial charge in [-0.3, -0.25) is 4.79 Å². The highest BCUT2D eigenvalue weighted by molar-refractivity contribution is 7.99. The van der Waals surface area contributed by atoms with Gasteiger partial charge in [0.05, 0.1) is 5.75 Å². The smallest absolute Gasteiger partial charge is 0.191 e. The van der Waals surface area contributed by atoms with E-state index in [0.29, 0.717) is 22.3 Å². The van der Waals surface area contributed by atoms with E-state index in [1.54, 1.807) is 24.3 Å². The maximum atomic E-state index is 12.1. The first-order valence-electron chi connectivity index (χ1n) is 6.46. The van der Waals surface area contributed by atoms with Crippen LogP contribution in [0.3, 0.4) is 0 Å². The Balaban J connectivity index is 1.64. The Morgan fingerprint density at radius 1 is 1.35 bits per heavy atom. The molecule has 20 heavy (non-hydrogen) atoms. The van der Waals surface area contributed by atoms with E-state index in [0.717, 1.165) is 11.0 Å². The molecule has 0 radical (unpaired) electrons. The van der Waals surface area contributed by atoms with E-state index in [2.05, 4.69) is 10.2 Å². The van der Waals surface area contributed by atoms with Crippen molar-refractivity contribution in [2.24, 2.45) is 7.05 Å². The van der Waals surface area contributed by atoms with Gasteiger partial charge in [-0.1, -0.05) is 23.4 Å². The van der Waals surface area contributed by atoms with Crippen LogP contribution in [-0.2, 0) is 7.05 Å². The Bertz CT molecular complexity index is 634. The summed E-state index contributed by atoms with van der Waals surface area (Å²) in [6.45, 7) is 0. The Morgan fingerprint density at radius 2 is 2.05 bits per heavy atom. The third-order valence-corrected chi connectivity index (χ3v) is 4.58. The first-order valence-corrected chi connectivity index (χ1v) is 7.82. The molecule has 0 saturated heterocycles. The van der Waals surface area contributed by atoms with E-state index in [-0.39, 0.29) is 5.78 Å². The molecule has 0 unspecified atom stereocenters. The first-order chi connectivity index (χ1) is 9.65. The van der Waals surface area contributed by atoms with Crippen molar-refractivity contribution >= 4 is 29.1 Å². The first kappa shape index (κ1) is 13.6. The van der Waals surface area contributed by atoms with Gasteiger partial charge in [0.25, 0.3) is 0 Å². The summed E-state index contributed by atoms with van der Waals surface area (Å²) in [6.07, 6.45) is 2.39. The minimum Gasteiger partial charge on any atom is -0.309 e. The summed E-state index contributed by atoms with van der Waals surface area (Å²) in [5, 5.41) is 9.80. The lowest BCUT2D eigenvalue weighted by Crippen LogP contribution is -2.04. The molecule has 1 aliphatic carbocycles. The van der Waals surface area contributed by atoms with Gasteiger partial charge in [0.15, 0.2) is 10.9 Å². The third kappa shape index (κ3) is 2.88. The van der Waals surface area contributed by atoms with E-state index < -0.39 is 0 Å². The standard InChI is InChI=1S/C14H14ClN3OS/c1-18-13(10-2-3-10)16-17-14(18)20-8-12(19)9-4-6-11(15)7-5-9/h4-7,10H,2-3,8H2,1H3. The zero-order valence-corrected chi connectivity index (χ0v) is 12.6. The fourth-order valence-corrected chi connectivity index (χ4v) is 2.94. The summed E-state index contributed by atoms with van der Waals surface area (Å²) in [6, 6.07) is 6.95. The maximum Gasteiger partial charge on any atom is 0.191 e. The molecule has 0 N–H and O–H groups in total. The number of rotatable bonds is 5.